The number of fused-ring (bicyclic) bond motifs is 1. The molecule has 4 rings (SSSR count). The van der Waals surface area contributed by atoms with Crippen LogP contribution in [0, 0.1) is 11.3 Å². The molecule has 0 spiro atoms. The Kier molecular flexibility index (Phi) is 6.24. The Morgan fingerprint density at radius 3 is 2.74 bits per heavy atom. The van der Waals surface area contributed by atoms with Gasteiger partial charge in [0.1, 0.15) is 16.8 Å². The zero-order chi connectivity index (χ0) is 21.6. The zero-order valence-electron chi connectivity index (χ0n) is 16.8. The molecule has 0 radical (unpaired) electrons. The molecule has 0 aliphatic carbocycles. The van der Waals surface area contributed by atoms with E-state index in [1.54, 1.807) is 19.2 Å². The number of hydrogen-bond acceptors (Lipinski definition) is 7. The van der Waals surface area contributed by atoms with E-state index in [-0.39, 0.29) is 18.5 Å². The van der Waals surface area contributed by atoms with Crippen molar-refractivity contribution in [2.45, 2.75) is 11.6 Å². The van der Waals surface area contributed by atoms with Crippen LogP contribution in [0.2, 0.25) is 0 Å². The number of nitriles is 1. The van der Waals surface area contributed by atoms with Gasteiger partial charge in [0.05, 0.1) is 24.1 Å². The molecule has 8 heteroatoms. The fraction of sp³-hybridized carbons (Fsp3) is 0.174. The number of aromatic nitrogens is 1. The Balaban J connectivity index is 1.38. The monoisotopic (exact) mass is 433 g/mol. The second-order valence-electron chi connectivity index (χ2n) is 6.64. The lowest BCUT2D eigenvalue weighted by Gasteiger charge is -2.09. The second kappa shape index (κ2) is 9.41. The molecule has 1 aliphatic rings. The van der Waals surface area contributed by atoms with Gasteiger partial charge >= 0.3 is 0 Å². The topological polar surface area (TPSA) is 93.5 Å². The molecule has 1 amide bonds. The largest absolute Gasteiger partial charge is 0.497 e. The molecule has 2 aromatic carbocycles. The van der Waals surface area contributed by atoms with Crippen LogP contribution in [0.25, 0.3) is 11.3 Å². The summed E-state index contributed by atoms with van der Waals surface area (Å²) >= 11 is 1.24. The van der Waals surface area contributed by atoms with Crippen molar-refractivity contribution in [1.82, 2.24) is 10.3 Å². The number of hydrogen-bond donors (Lipinski definition) is 1. The van der Waals surface area contributed by atoms with Crippen molar-refractivity contribution in [3.8, 4) is 34.6 Å². The maximum Gasteiger partial charge on any atom is 0.231 e. The number of benzene rings is 2. The third-order valence-electron chi connectivity index (χ3n) is 4.63. The Labute approximate surface area is 184 Å². The van der Waals surface area contributed by atoms with E-state index in [1.807, 2.05) is 42.5 Å². The van der Waals surface area contributed by atoms with E-state index in [0.29, 0.717) is 28.6 Å². The maximum absolute atomic E-state index is 12.3. The van der Waals surface area contributed by atoms with Gasteiger partial charge in [-0.1, -0.05) is 17.8 Å². The van der Waals surface area contributed by atoms with E-state index in [4.69, 9.17) is 14.2 Å². The first-order chi connectivity index (χ1) is 15.2. The molecule has 1 aliphatic heterocycles. The van der Waals surface area contributed by atoms with Gasteiger partial charge in [-0.2, -0.15) is 5.26 Å². The van der Waals surface area contributed by atoms with Gasteiger partial charge in [-0.25, -0.2) is 4.98 Å². The Hall–Kier alpha value is -3.70. The van der Waals surface area contributed by atoms with Crippen LogP contribution in [0.15, 0.2) is 59.6 Å². The molecule has 0 fully saturated rings. The first-order valence-corrected chi connectivity index (χ1v) is 10.5. The van der Waals surface area contributed by atoms with E-state index >= 15 is 0 Å². The van der Waals surface area contributed by atoms with Crippen LogP contribution in [0.1, 0.15) is 11.1 Å². The average Bonchev–Trinajstić information content (AvgIpc) is 3.29. The summed E-state index contributed by atoms with van der Waals surface area (Å²) in [5.41, 5.74) is 2.98. The summed E-state index contributed by atoms with van der Waals surface area (Å²) in [4.78, 5) is 16.9. The minimum absolute atomic E-state index is 0.150. The predicted octanol–water partition coefficient (Wildman–Crippen LogP) is 3.77. The zero-order valence-corrected chi connectivity index (χ0v) is 17.6. The van der Waals surface area contributed by atoms with Crippen LogP contribution >= 0.6 is 11.8 Å². The summed E-state index contributed by atoms with van der Waals surface area (Å²) in [7, 11) is 1.61. The third-order valence-corrected chi connectivity index (χ3v) is 5.62. The normalized spacial score (nSPS) is 11.6. The summed E-state index contributed by atoms with van der Waals surface area (Å²) < 4.78 is 15.8. The van der Waals surface area contributed by atoms with Gasteiger partial charge in [-0.15, -0.1) is 0 Å². The number of thioether (sulfide) groups is 1. The van der Waals surface area contributed by atoms with E-state index in [2.05, 4.69) is 16.4 Å². The highest BCUT2D eigenvalue weighted by Crippen LogP contribution is 2.32. The quantitative estimate of drug-likeness (QED) is 0.567. The van der Waals surface area contributed by atoms with Crippen LogP contribution in [0.5, 0.6) is 17.2 Å². The first-order valence-electron chi connectivity index (χ1n) is 9.50. The van der Waals surface area contributed by atoms with Crippen molar-refractivity contribution in [3.05, 3.63) is 65.7 Å². The Morgan fingerprint density at radius 2 is 1.97 bits per heavy atom. The van der Waals surface area contributed by atoms with Gasteiger partial charge < -0.3 is 19.5 Å². The number of carbonyl (C=O) groups is 1. The Bertz CT molecular complexity index is 1140. The lowest BCUT2D eigenvalue weighted by Crippen LogP contribution is -2.24. The van der Waals surface area contributed by atoms with E-state index in [0.717, 1.165) is 22.6 Å². The van der Waals surface area contributed by atoms with Crippen molar-refractivity contribution in [3.63, 3.8) is 0 Å². The number of carbonyl (C=O) groups excluding carboxylic acids is 1. The molecular formula is C23H19N3O4S. The standard InChI is InChI=1S/C23H19N3O4S/c1-28-18-6-3-16(4-7-18)19-8-5-17(11-24)23(26-19)31-13-22(27)25-12-15-2-9-20-21(10-15)30-14-29-20/h2-10H,12-14H2,1H3,(H,25,27). The molecule has 3 aromatic rings. The summed E-state index contributed by atoms with van der Waals surface area (Å²) in [6.45, 7) is 0.589. The second-order valence-corrected chi connectivity index (χ2v) is 7.61. The molecule has 1 aromatic heterocycles. The van der Waals surface area contributed by atoms with E-state index in [9.17, 15) is 10.1 Å². The molecule has 1 N–H and O–H groups in total. The molecule has 0 atom stereocenters. The summed E-state index contributed by atoms with van der Waals surface area (Å²) in [5.74, 6) is 2.14. The first kappa shape index (κ1) is 20.6. The van der Waals surface area contributed by atoms with Crippen LogP contribution in [0.4, 0.5) is 0 Å². The lowest BCUT2D eigenvalue weighted by molar-refractivity contribution is -0.118. The van der Waals surface area contributed by atoms with Gasteiger partial charge in [-0.3, -0.25) is 4.79 Å². The van der Waals surface area contributed by atoms with Crippen molar-refractivity contribution in [2.75, 3.05) is 19.7 Å². The van der Waals surface area contributed by atoms with Crippen molar-refractivity contribution >= 4 is 17.7 Å². The van der Waals surface area contributed by atoms with Gasteiger partial charge in [0, 0.05) is 12.1 Å². The molecule has 0 unspecified atom stereocenters. The number of amides is 1. The predicted molar refractivity (Wildman–Crippen MR) is 116 cm³/mol. The fourth-order valence-electron chi connectivity index (χ4n) is 2.99. The number of pyridine rings is 1. The van der Waals surface area contributed by atoms with Crippen molar-refractivity contribution < 1.29 is 19.0 Å². The number of nitrogens with zero attached hydrogens (tertiary/aromatic N) is 2. The lowest BCUT2D eigenvalue weighted by atomic mass is 10.1. The SMILES string of the molecule is COc1ccc(-c2ccc(C#N)c(SCC(=O)NCc3ccc4c(c3)OCO4)n2)cc1. The van der Waals surface area contributed by atoms with Crippen LogP contribution in [0.3, 0.4) is 0 Å². The average molecular weight is 433 g/mol. The van der Waals surface area contributed by atoms with Gasteiger partial charge in [0.2, 0.25) is 12.7 Å². The summed E-state index contributed by atoms with van der Waals surface area (Å²) in [5, 5.41) is 12.8. The number of nitrogens with one attached hydrogen (secondary N) is 1. The van der Waals surface area contributed by atoms with Crippen molar-refractivity contribution in [2.24, 2.45) is 0 Å². The highest BCUT2D eigenvalue weighted by atomic mass is 32.2. The minimum atomic E-state index is -0.150. The van der Waals surface area contributed by atoms with Crippen molar-refractivity contribution in [1.29, 1.82) is 5.26 Å². The fourth-order valence-corrected chi connectivity index (χ4v) is 3.80. The number of rotatable bonds is 7. The molecule has 7 nitrogen and oxygen atoms in total. The third kappa shape index (κ3) is 4.90. The van der Waals surface area contributed by atoms with Gasteiger partial charge in [0.25, 0.3) is 0 Å². The smallest absolute Gasteiger partial charge is 0.231 e. The van der Waals surface area contributed by atoms with E-state index < -0.39 is 0 Å². The molecular weight excluding hydrogens is 414 g/mol. The highest BCUT2D eigenvalue weighted by Gasteiger charge is 2.14. The molecule has 0 saturated carbocycles. The van der Waals surface area contributed by atoms with Gasteiger partial charge in [0.15, 0.2) is 11.5 Å². The molecule has 0 bridgehead atoms. The maximum atomic E-state index is 12.3. The molecule has 156 valence electrons. The van der Waals surface area contributed by atoms with Crippen LogP contribution < -0.4 is 19.5 Å². The minimum Gasteiger partial charge on any atom is -0.497 e. The molecule has 2 heterocycles. The number of ether oxygens (including phenoxy) is 3. The number of methoxy groups -OCH3 is 1. The summed E-state index contributed by atoms with van der Waals surface area (Å²) in [6, 6.07) is 18.7. The Morgan fingerprint density at radius 1 is 1.16 bits per heavy atom. The van der Waals surface area contributed by atoms with Crippen LogP contribution in [-0.2, 0) is 11.3 Å². The van der Waals surface area contributed by atoms with Crippen LogP contribution in [-0.4, -0.2) is 30.5 Å². The molecule has 0 saturated heterocycles. The summed E-state index contributed by atoms with van der Waals surface area (Å²) in [6.07, 6.45) is 0. The highest BCUT2D eigenvalue weighted by molar-refractivity contribution is 8.00. The van der Waals surface area contributed by atoms with Gasteiger partial charge in [-0.05, 0) is 54.1 Å². The van der Waals surface area contributed by atoms with E-state index in [1.165, 1.54) is 11.8 Å². The molecule has 31 heavy (non-hydrogen) atoms.